The van der Waals surface area contributed by atoms with E-state index in [0.717, 1.165) is 11.1 Å². The Kier molecular flexibility index (Phi) is 5.97. The lowest BCUT2D eigenvalue weighted by atomic mass is 9.82. The van der Waals surface area contributed by atoms with Crippen molar-refractivity contribution in [3.63, 3.8) is 0 Å². The van der Waals surface area contributed by atoms with Crippen LogP contribution in [0.15, 0.2) is 24.5 Å². The van der Waals surface area contributed by atoms with E-state index < -0.39 is 6.43 Å². The van der Waals surface area contributed by atoms with Crippen LogP contribution in [0, 0.1) is 12.8 Å². The molecule has 0 bridgehead atoms. The SMILES string of the molecule is Cc1c(CC(c2cc(C(F)F)nc3ncnn23)C(C)CCNC=O)ccc2c1OCO2. The Bertz CT molecular complexity index is 1090. The van der Waals surface area contributed by atoms with E-state index in [2.05, 4.69) is 20.4 Å². The molecule has 8 nitrogen and oxygen atoms in total. The molecule has 3 aromatic rings. The lowest BCUT2D eigenvalue weighted by molar-refractivity contribution is -0.109. The number of amides is 1. The number of ether oxygens (including phenoxy) is 2. The molecule has 0 saturated heterocycles. The molecule has 1 N–H and O–H groups in total. The molecule has 31 heavy (non-hydrogen) atoms. The highest BCUT2D eigenvalue weighted by molar-refractivity contribution is 5.52. The summed E-state index contributed by atoms with van der Waals surface area (Å²) < 4.78 is 39.6. The number of nitrogens with zero attached hydrogens (tertiary/aromatic N) is 4. The van der Waals surface area contributed by atoms with Gasteiger partial charge in [-0.3, -0.25) is 4.79 Å². The van der Waals surface area contributed by atoms with Gasteiger partial charge in [0.2, 0.25) is 13.2 Å². The minimum atomic E-state index is -2.72. The summed E-state index contributed by atoms with van der Waals surface area (Å²) in [6.45, 7) is 4.65. The minimum Gasteiger partial charge on any atom is -0.454 e. The van der Waals surface area contributed by atoms with Gasteiger partial charge in [-0.05, 0) is 48.9 Å². The predicted molar refractivity (Wildman–Crippen MR) is 107 cm³/mol. The summed E-state index contributed by atoms with van der Waals surface area (Å²) in [7, 11) is 0. The van der Waals surface area contributed by atoms with Crippen LogP contribution < -0.4 is 14.8 Å². The summed E-state index contributed by atoms with van der Waals surface area (Å²) >= 11 is 0. The Labute approximate surface area is 177 Å². The van der Waals surface area contributed by atoms with Gasteiger partial charge in [0.25, 0.3) is 12.2 Å². The molecule has 4 rings (SSSR count). The second kappa shape index (κ2) is 8.83. The van der Waals surface area contributed by atoms with Gasteiger partial charge in [0.05, 0.1) is 5.69 Å². The molecule has 3 heterocycles. The number of carbonyl (C=O) groups excluding carboxylic acids is 1. The topological polar surface area (TPSA) is 90.6 Å². The number of nitrogens with one attached hydrogen (secondary N) is 1. The van der Waals surface area contributed by atoms with Gasteiger partial charge in [-0.1, -0.05) is 13.0 Å². The molecule has 1 aliphatic rings. The van der Waals surface area contributed by atoms with Crippen LogP contribution in [0.3, 0.4) is 0 Å². The van der Waals surface area contributed by atoms with Crippen molar-refractivity contribution in [3.05, 3.63) is 47.0 Å². The van der Waals surface area contributed by atoms with Crippen LogP contribution in [0.5, 0.6) is 11.5 Å². The maximum atomic E-state index is 13.5. The first kappa shape index (κ1) is 21.0. The molecule has 0 radical (unpaired) electrons. The van der Waals surface area contributed by atoms with Crippen LogP contribution in [0.25, 0.3) is 5.78 Å². The van der Waals surface area contributed by atoms with Crippen LogP contribution in [0.2, 0.25) is 0 Å². The second-order valence-corrected chi connectivity index (χ2v) is 7.61. The quantitative estimate of drug-likeness (QED) is 0.413. The van der Waals surface area contributed by atoms with E-state index >= 15 is 0 Å². The number of benzene rings is 1. The number of halogens is 2. The number of alkyl halides is 2. The molecule has 164 valence electrons. The van der Waals surface area contributed by atoms with Crippen molar-refractivity contribution < 1.29 is 23.0 Å². The monoisotopic (exact) mass is 431 g/mol. The summed E-state index contributed by atoms with van der Waals surface area (Å²) in [5.41, 5.74) is 2.25. The fourth-order valence-electron chi connectivity index (χ4n) is 4.01. The highest BCUT2D eigenvalue weighted by Crippen LogP contribution is 2.40. The van der Waals surface area contributed by atoms with Gasteiger partial charge in [0, 0.05) is 12.5 Å². The highest BCUT2D eigenvalue weighted by Gasteiger charge is 2.28. The average molecular weight is 431 g/mol. The smallest absolute Gasteiger partial charge is 0.280 e. The number of hydrogen-bond donors (Lipinski definition) is 1. The molecule has 1 aromatic carbocycles. The van der Waals surface area contributed by atoms with Gasteiger partial charge in [-0.25, -0.2) is 18.3 Å². The first-order chi connectivity index (χ1) is 15.0. The summed E-state index contributed by atoms with van der Waals surface area (Å²) in [5.74, 6) is 1.40. The van der Waals surface area contributed by atoms with E-state index in [9.17, 15) is 13.6 Å². The largest absolute Gasteiger partial charge is 0.454 e. The number of hydrogen-bond acceptors (Lipinski definition) is 6. The zero-order chi connectivity index (χ0) is 22.0. The van der Waals surface area contributed by atoms with Crippen molar-refractivity contribution in [1.29, 1.82) is 0 Å². The molecule has 0 spiro atoms. The van der Waals surface area contributed by atoms with Gasteiger partial charge in [-0.15, -0.1) is 0 Å². The first-order valence-corrected chi connectivity index (χ1v) is 10.0. The normalized spacial score (nSPS) is 14.7. The van der Waals surface area contributed by atoms with Gasteiger partial charge in [0.15, 0.2) is 11.5 Å². The van der Waals surface area contributed by atoms with Gasteiger partial charge < -0.3 is 14.8 Å². The molecular weight excluding hydrogens is 408 g/mol. The van der Waals surface area contributed by atoms with E-state index in [4.69, 9.17) is 9.47 Å². The summed E-state index contributed by atoms with van der Waals surface area (Å²) in [5, 5.41) is 6.89. The standard InChI is InChI=1S/C21H23F2N5O3/c1-12(5-6-24-10-29)15(7-14-3-4-18-19(13(14)2)31-11-30-18)17-8-16(20(22)23)27-21-25-9-26-28(17)21/h3-4,8-10,12,15,20H,5-7,11H2,1-2H3,(H,24,29). The third-order valence-corrected chi connectivity index (χ3v) is 5.76. The summed E-state index contributed by atoms with van der Waals surface area (Å²) in [6.07, 6.45) is 0.464. The number of rotatable bonds is 9. The minimum absolute atomic E-state index is 0.0394. The summed E-state index contributed by atoms with van der Waals surface area (Å²) in [4.78, 5) is 18.6. The van der Waals surface area contributed by atoms with Crippen LogP contribution in [0.4, 0.5) is 8.78 Å². The Morgan fingerprint density at radius 1 is 1.32 bits per heavy atom. The molecule has 2 unspecified atom stereocenters. The Morgan fingerprint density at radius 2 is 2.16 bits per heavy atom. The molecule has 2 atom stereocenters. The van der Waals surface area contributed by atoms with Crippen molar-refractivity contribution in [2.75, 3.05) is 13.3 Å². The molecule has 1 aliphatic heterocycles. The third-order valence-electron chi connectivity index (χ3n) is 5.76. The van der Waals surface area contributed by atoms with Crippen molar-refractivity contribution in [3.8, 4) is 11.5 Å². The lowest BCUT2D eigenvalue weighted by Gasteiger charge is -2.26. The zero-order valence-corrected chi connectivity index (χ0v) is 17.2. The van der Waals surface area contributed by atoms with Gasteiger partial charge in [0.1, 0.15) is 12.0 Å². The highest BCUT2D eigenvalue weighted by atomic mass is 19.3. The molecule has 0 fully saturated rings. The van der Waals surface area contributed by atoms with Gasteiger partial charge >= 0.3 is 0 Å². The molecular formula is C21H23F2N5O3. The van der Waals surface area contributed by atoms with E-state index in [-0.39, 0.29) is 30.1 Å². The van der Waals surface area contributed by atoms with Crippen LogP contribution >= 0.6 is 0 Å². The Hall–Kier alpha value is -3.30. The number of fused-ring (bicyclic) bond motifs is 2. The molecule has 0 saturated carbocycles. The fourth-order valence-corrected chi connectivity index (χ4v) is 4.01. The number of aromatic nitrogens is 4. The fraction of sp³-hybridized carbons (Fsp3) is 0.429. The number of carbonyl (C=O) groups is 1. The predicted octanol–water partition coefficient (Wildman–Crippen LogP) is 3.20. The van der Waals surface area contributed by atoms with Crippen LogP contribution in [-0.4, -0.2) is 39.3 Å². The Balaban J connectivity index is 1.76. The molecule has 2 aromatic heterocycles. The molecule has 1 amide bonds. The van der Waals surface area contributed by atoms with E-state index in [0.29, 0.717) is 43.0 Å². The molecule has 10 heteroatoms. The maximum absolute atomic E-state index is 13.5. The van der Waals surface area contributed by atoms with Gasteiger partial charge in [-0.2, -0.15) is 10.1 Å². The average Bonchev–Trinajstić information content (AvgIpc) is 3.42. The van der Waals surface area contributed by atoms with Crippen molar-refractivity contribution in [2.24, 2.45) is 5.92 Å². The second-order valence-electron chi connectivity index (χ2n) is 7.61. The lowest BCUT2D eigenvalue weighted by Crippen LogP contribution is -2.22. The van der Waals surface area contributed by atoms with Crippen molar-refractivity contribution in [1.82, 2.24) is 24.9 Å². The Morgan fingerprint density at radius 3 is 2.94 bits per heavy atom. The summed E-state index contributed by atoms with van der Waals surface area (Å²) in [6, 6.07) is 5.24. The van der Waals surface area contributed by atoms with Crippen LogP contribution in [0.1, 0.15) is 48.2 Å². The van der Waals surface area contributed by atoms with Crippen LogP contribution in [-0.2, 0) is 11.2 Å². The maximum Gasteiger partial charge on any atom is 0.280 e. The molecule has 0 aliphatic carbocycles. The first-order valence-electron chi connectivity index (χ1n) is 10.0. The van der Waals surface area contributed by atoms with E-state index in [1.807, 2.05) is 26.0 Å². The van der Waals surface area contributed by atoms with Crippen molar-refractivity contribution in [2.45, 2.75) is 39.0 Å². The van der Waals surface area contributed by atoms with Crippen molar-refractivity contribution >= 4 is 12.2 Å². The zero-order valence-electron chi connectivity index (χ0n) is 17.2. The van der Waals surface area contributed by atoms with E-state index in [1.54, 1.807) is 0 Å². The third kappa shape index (κ3) is 4.14. The van der Waals surface area contributed by atoms with E-state index in [1.165, 1.54) is 16.9 Å².